The first-order chi connectivity index (χ1) is 13.8. The number of rotatable bonds is 6. The second kappa shape index (κ2) is 9.72. The number of aliphatic hydroxyl groups is 1. The van der Waals surface area contributed by atoms with E-state index in [1.165, 1.54) is 18.4 Å². The van der Waals surface area contributed by atoms with Gasteiger partial charge in [-0.3, -0.25) is 9.88 Å². The molecule has 2 aliphatic rings. The molecule has 1 saturated carbocycles. The van der Waals surface area contributed by atoms with Crippen molar-refractivity contribution in [2.45, 2.75) is 67.5 Å². The fourth-order valence-corrected chi connectivity index (χ4v) is 5.13. The summed E-state index contributed by atoms with van der Waals surface area (Å²) in [7, 11) is 0. The van der Waals surface area contributed by atoms with Crippen molar-refractivity contribution >= 4 is 17.6 Å². The standard InChI is InChI=1S/C22H30N4OS/c27-20-9-5-4-8-19(20)26-12-10-18(11-13-26)24-21-14-23-15-22(25-21)28-16-17-6-2-1-3-7-17/h1-3,6-7,14-15,18-20,27H,4-5,8-13,16H2,(H,24,25). The maximum atomic E-state index is 10.3. The summed E-state index contributed by atoms with van der Waals surface area (Å²) in [6.45, 7) is 2.10. The van der Waals surface area contributed by atoms with Crippen molar-refractivity contribution in [2.75, 3.05) is 18.4 Å². The molecule has 0 radical (unpaired) electrons. The summed E-state index contributed by atoms with van der Waals surface area (Å²) in [5.41, 5.74) is 1.30. The minimum atomic E-state index is -0.137. The first-order valence-electron chi connectivity index (χ1n) is 10.5. The molecule has 4 rings (SSSR count). The van der Waals surface area contributed by atoms with Crippen LogP contribution in [0.15, 0.2) is 47.8 Å². The van der Waals surface area contributed by atoms with Crippen LogP contribution in [-0.4, -0.2) is 51.3 Å². The van der Waals surface area contributed by atoms with E-state index in [-0.39, 0.29) is 6.10 Å². The van der Waals surface area contributed by atoms with Gasteiger partial charge in [0.05, 0.1) is 18.5 Å². The van der Waals surface area contributed by atoms with Crippen LogP contribution in [0.1, 0.15) is 44.1 Å². The Bertz CT molecular complexity index is 736. The summed E-state index contributed by atoms with van der Waals surface area (Å²) < 4.78 is 0. The summed E-state index contributed by atoms with van der Waals surface area (Å²) in [4.78, 5) is 11.6. The van der Waals surface area contributed by atoms with E-state index in [1.54, 1.807) is 11.8 Å². The highest BCUT2D eigenvalue weighted by atomic mass is 32.2. The van der Waals surface area contributed by atoms with Crippen molar-refractivity contribution in [2.24, 2.45) is 0 Å². The van der Waals surface area contributed by atoms with Crippen molar-refractivity contribution in [3.8, 4) is 0 Å². The first kappa shape index (κ1) is 19.7. The summed E-state index contributed by atoms with van der Waals surface area (Å²) in [5, 5.41) is 14.8. The van der Waals surface area contributed by atoms with Crippen molar-refractivity contribution in [3.05, 3.63) is 48.3 Å². The van der Waals surface area contributed by atoms with Gasteiger partial charge in [-0.25, -0.2) is 4.98 Å². The summed E-state index contributed by atoms with van der Waals surface area (Å²) in [6, 6.07) is 11.3. The number of aromatic nitrogens is 2. The largest absolute Gasteiger partial charge is 0.391 e. The Kier molecular flexibility index (Phi) is 6.83. The summed E-state index contributed by atoms with van der Waals surface area (Å²) >= 11 is 1.72. The number of hydrogen-bond acceptors (Lipinski definition) is 6. The Morgan fingerprint density at radius 2 is 1.82 bits per heavy atom. The van der Waals surface area contributed by atoms with E-state index in [1.807, 2.05) is 18.5 Å². The zero-order valence-electron chi connectivity index (χ0n) is 16.3. The molecule has 0 amide bonds. The second-order valence-electron chi connectivity index (χ2n) is 7.89. The van der Waals surface area contributed by atoms with E-state index in [0.717, 1.165) is 55.4 Å². The molecule has 5 nitrogen and oxygen atoms in total. The van der Waals surface area contributed by atoms with Crippen LogP contribution in [0, 0.1) is 0 Å². The van der Waals surface area contributed by atoms with Crippen LogP contribution in [0.4, 0.5) is 5.82 Å². The fraction of sp³-hybridized carbons (Fsp3) is 0.545. The van der Waals surface area contributed by atoms with Crippen molar-refractivity contribution < 1.29 is 5.11 Å². The molecule has 2 aromatic rings. The number of hydrogen-bond donors (Lipinski definition) is 2. The number of nitrogens with zero attached hydrogens (tertiary/aromatic N) is 3. The van der Waals surface area contributed by atoms with Crippen molar-refractivity contribution in [1.29, 1.82) is 0 Å². The van der Waals surface area contributed by atoms with Crippen LogP contribution in [-0.2, 0) is 5.75 Å². The minimum Gasteiger partial charge on any atom is -0.391 e. The maximum Gasteiger partial charge on any atom is 0.146 e. The van der Waals surface area contributed by atoms with Gasteiger partial charge in [-0.05, 0) is 31.2 Å². The minimum absolute atomic E-state index is 0.137. The lowest BCUT2D eigenvalue weighted by atomic mass is 9.89. The van der Waals surface area contributed by atoms with E-state index >= 15 is 0 Å². The monoisotopic (exact) mass is 398 g/mol. The average Bonchev–Trinajstić information content (AvgIpc) is 2.74. The van der Waals surface area contributed by atoms with E-state index < -0.39 is 0 Å². The Morgan fingerprint density at radius 1 is 1.04 bits per heavy atom. The van der Waals surface area contributed by atoms with Crippen LogP contribution >= 0.6 is 11.8 Å². The molecule has 1 aromatic carbocycles. The van der Waals surface area contributed by atoms with E-state index in [2.05, 4.69) is 39.5 Å². The average molecular weight is 399 g/mol. The maximum absolute atomic E-state index is 10.3. The summed E-state index contributed by atoms with van der Waals surface area (Å²) in [5.74, 6) is 1.77. The molecule has 150 valence electrons. The van der Waals surface area contributed by atoms with Gasteiger partial charge in [0.25, 0.3) is 0 Å². The van der Waals surface area contributed by atoms with Gasteiger partial charge in [-0.2, -0.15) is 0 Å². The molecule has 2 heterocycles. The van der Waals surface area contributed by atoms with Crippen LogP contribution in [0.5, 0.6) is 0 Å². The van der Waals surface area contributed by atoms with Crippen molar-refractivity contribution in [3.63, 3.8) is 0 Å². The number of likely N-dealkylation sites (tertiary alicyclic amines) is 1. The number of nitrogens with one attached hydrogen (secondary N) is 1. The first-order valence-corrected chi connectivity index (χ1v) is 11.4. The van der Waals surface area contributed by atoms with Gasteiger partial charge in [-0.15, -0.1) is 11.8 Å². The molecule has 2 atom stereocenters. The highest BCUT2D eigenvalue weighted by molar-refractivity contribution is 7.98. The third kappa shape index (κ3) is 5.25. The Labute approximate surface area is 172 Å². The van der Waals surface area contributed by atoms with E-state index in [9.17, 15) is 5.11 Å². The number of thioether (sulfide) groups is 1. The van der Waals surface area contributed by atoms with Crippen LogP contribution in [0.2, 0.25) is 0 Å². The smallest absolute Gasteiger partial charge is 0.146 e. The molecule has 2 unspecified atom stereocenters. The molecule has 0 bridgehead atoms. The van der Waals surface area contributed by atoms with E-state index in [4.69, 9.17) is 4.98 Å². The molecule has 28 heavy (non-hydrogen) atoms. The second-order valence-corrected chi connectivity index (χ2v) is 8.89. The Balaban J connectivity index is 1.27. The molecule has 1 aliphatic heterocycles. The normalized spacial score (nSPS) is 24.2. The predicted molar refractivity (Wildman–Crippen MR) is 115 cm³/mol. The number of aliphatic hydroxyl groups excluding tert-OH is 1. The number of benzene rings is 1. The molecule has 2 fully saturated rings. The quantitative estimate of drug-likeness (QED) is 0.719. The van der Waals surface area contributed by atoms with Crippen LogP contribution < -0.4 is 5.32 Å². The van der Waals surface area contributed by atoms with E-state index in [0.29, 0.717) is 12.1 Å². The lowest BCUT2D eigenvalue weighted by molar-refractivity contribution is 0.00992. The third-order valence-corrected chi connectivity index (χ3v) is 6.86. The zero-order chi connectivity index (χ0) is 19.2. The van der Waals surface area contributed by atoms with Gasteiger partial charge in [0, 0.05) is 30.9 Å². The molecule has 2 N–H and O–H groups in total. The van der Waals surface area contributed by atoms with Crippen LogP contribution in [0.3, 0.4) is 0 Å². The molecular weight excluding hydrogens is 368 g/mol. The highest BCUT2D eigenvalue weighted by Gasteiger charge is 2.31. The lowest BCUT2D eigenvalue weighted by Gasteiger charge is -2.41. The van der Waals surface area contributed by atoms with Crippen LogP contribution in [0.25, 0.3) is 0 Å². The molecule has 1 aromatic heterocycles. The number of piperidine rings is 1. The lowest BCUT2D eigenvalue weighted by Crippen LogP contribution is -2.50. The Hall–Kier alpha value is -1.63. The predicted octanol–water partition coefficient (Wildman–Crippen LogP) is 3.95. The molecule has 1 aliphatic carbocycles. The molecular formula is C22H30N4OS. The number of anilines is 1. The molecule has 0 spiro atoms. The van der Waals surface area contributed by atoms with Gasteiger partial charge in [-0.1, -0.05) is 43.2 Å². The van der Waals surface area contributed by atoms with Crippen molar-refractivity contribution in [1.82, 2.24) is 14.9 Å². The Morgan fingerprint density at radius 3 is 2.61 bits per heavy atom. The van der Waals surface area contributed by atoms with Gasteiger partial charge in [0.2, 0.25) is 0 Å². The van der Waals surface area contributed by atoms with Gasteiger partial charge in [0.15, 0.2) is 0 Å². The summed E-state index contributed by atoms with van der Waals surface area (Å²) in [6.07, 6.45) is 10.2. The fourth-order valence-electron chi connectivity index (χ4n) is 4.32. The van der Waals surface area contributed by atoms with Gasteiger partial charge in [0.1, 0.15) is 10.8 Å². The third-order valence-electron chi connectivity index (χ3n) is 5.89. The SMILES string of the molecule is OC1CCCCC1N1CCC(Nc2cncc(SCc3ccccc3)n2)CC1. The zero-order valence-corrected chi connectivity index (χ0v) is 17.2. The van der Waals surface area contributed by atoms with Gasteiger partial charge >= 0.3 is 0 Å². The highest BCUT2D eigenvalue weighted by Crippen LogP contribution is 2.27. The molecule has 1 saturated heterocycles. The molecule has 6 heteroatoms. The van der Waals surface area contributed by atoms with Gasteiger partial charge < -0.3 is 10.4 Å². The topological polar surface area (TPSA) is 61.3 Å².